The third-order valence-corrected chi connectivity index (χ3v) is 3.42. The Morgan fingerprint density at radius 3 is 3.20 bits per heavy atom. The van der Waals surface area contributed by atoms with Crippen LogP contribution in [0.4, 0.5) is 0 Å². The highest BCUT2D eigenvalue weighted by molar-refractivity contribution is 7.09. The summed E-state index contributed by atoms with van der Waals surface area (Å²) in [6.45, 7) is 0.577. The normalized spacial score (nSPS) is 22.1. The van der Waals surface area contributed by atoms with E-state index in [4.69, 9.17) is 0 Å². The Morgan fingerprint density at radius 2 is 2.53 bits per heavy atom. The molecule has 0 bridgehead atoms. The molecule has 0 saturated carbocycles. The van der Waals surface area contributed by atoms with Gasteiger partial charge in [-0.2, -0.15) is 0 Å². The van der Waals surface area contributed by atoms with E-state index >= 15 is 0 Å². The first-order chi connectivity index (χ1) is 7.27. The van der Waals surface area contributed by atoms with E-state index in [-0.39, 0.29) is 5.91 Å². The van der Waals surface area contributed by atoms with Gasteiger partial charge in [0.25, 0.3) is 0 Å². The molecule has 5 heteroatoms. The van der Waals surface area contributed by atoms with Crippen molar-refractivity contribution in [3.63, 3.8) is 0 Å². The second kappa shape index (κ2) is 4.72. The molecule has 1 aromatic rings. The van der Waals surface area contributed by atoms with Crippen LogP contribution in [-0.2, 0) is 11.2 Å². The summed E-state index contributed by atoms with van der Waals surface area (Å²) in [5, 5.41) is 12.6. The van der Waals surface area contributed by atoms with Gasteiger partial charge in [0.05, 0.1) is 5.01 Å². The molecule has 1 N–H and O–H groups in total. The summed E-state index contributed by atoms with van der Waals surface area (Å²) in [4.78, 5) is 17.2. The van der Waals surface area contributed by atoms with E-state index in [0.29, 0.717) is 19.4 Å². The van der Waals surface area contributed by atoms with Gasteiger partial charge in [-0.1, -0.05) is 0 Å². The molecule has 2 heterocycles. The highest BCUT2D eigenvalue weighted by Crippen LogP contribution is 2.17. The maximum atomic E-state index is 11.5. The molecule has 1 aromatic heterocycles. The molecule has 1 saturated heterocycles. The van der Waals surface area contributed by atoms with Crippen molar-refractivity contribution in [1.82, 2.24) is 9.88 Å². The number of amides is 1. The van der Waals surface area contributed by atoms with Crippen molar-refractivity contribution in [3.05, 3.63) is 16.6 Å². The summed E-state index contributed by atoms with van der Waals surface area (Å²) in [5.74, 6) is 0.0605. The molecule has 0 aliphatic carbocycles. The number of aliphatic hydroxyl groups is 1. The Kier molecular flexibility index (Phi) is 3.33. The predicted molar refractivity (Wildman–Crippen MR) is 57.4 cm³/mol. The molecule has 82 valence electrons. The van der Waals surface area contributed by atoms with E-state index in [9.17, 15) is 9.90 Å². The SMILES string of the molecule is O=C1CCCC(O)N1CCc1nccs1. The molecular weight excluding hydrogens is 212 g/mol. The van der Waals surface area contributed by atoms with Crippen molar-refractivity contribution in [1.29, 1.82) is 0 Å². The molecule has 0 radical (unpaired) electrons. The van der Waals surface area contributed by atoms with Gasteiger partial charge in [-0.3, -0.25) is 4.79 Å². The largest absolute Gasteiger partial charge is 0.374 e. The van der Waals surface area contributed by atoms with Gasteiger partial charge >= 0.3 is 0 Å². The fourth-order valence-corrected chi connectivity index (χ4v) is 2.38. The van der Waals surface area contributed by atoms with E-state index in [1.165, 1.54) is 0 Å². The van der Waals surface area contributed by atoms with Crippen LogP contribution in [0.5, 0.6) is 0 Å². The Balaban J connectivity index is 1.89. The average molecular weight is 226 g/mol. The lowest BCUT2D eigenvalue weighted by molar-refractivity contribution is -0.146. The lowest BCUT2D eigenvalue weighted by Gasteiger charge is -2.31. The highest BCUT2D eigenvalue weighted by atomic mass is 32.1. The van der Waals surface area contributed by atoms with Crippen molar-refractivity contribution in [2.24, 2.45) is 0 Å². The van der Waals surface area contributed by atoms with Crippen LogP contribution >= 0.6 is 11.3 Å². The third kappa shape index (κ3) is 2.54. The Bertz CT molecular complexity index is 326. The fraction of sp³-hybridized carbons (Fsp3) is 0.600. The number of likely N-dealkylation sites (tertiary alicyclic amines) is 1. The molecule has 1 aliphatic rings. The van der Waals surface area contributed by atoms with E-state index in [0.717, 1.165) is 17.8 Å². The molecule has 0 spiro atoms. The summed E-state index contributed by atoms with van der Waals surface area (Å²) in [6, 6.07) is 0. The monoisotopic (exact) mass is 226 g/mol. The average Bonchev–Trinajstić information content (AvgIpc) is 2.70. The Morgan fingerprint density at radius 1 is 1.67 bits per heavy atom. The first kappa shape index (κ1) is 10.6. The number of aromatic nitrogens is 1. The molecule has 15 heavy (non-hydrogen) atoms. The van der Waals surface area contributed by atoms with Crippen LogP contribution in [0.25, 0.3) is 0 Å². The zero-order chi connectivity index (χ0) is 10.7. The van der Waals surface area contributed by atoms with Gasteiger partial charge in [0, 0.05) is 31.0 Å². The van der Waals surface area contributed by atoms with Gasteiger partial charge in [-0.25, -0.2) is 4.98 Å². The molecule has 1 fully saturated rings. The Labute approximate surface area is 92.6 Å². The van der Waals surface area contributed by atoms with Gasteiger partial charge in [0.1, 0.15) is 6.23 Å². The predicted octanol–water partition coefficient (Wildman–Crippen LogP) is 1.02. The van der Waals surface area contributed by atoms with Crippen LogP contribution in [-0.4, -0.2) is 33.7 Å². The molecule has 4 nitrogen and oxygen atoms in total. The molecule has 0 aromatic carbocycles. The summed E-state index contributed by atoms with van der Waals surface area (Å²) < 4.78 is 0. The van der Waals surface area contributed by atoms with Crippen molar-refractivity contribution in [2.45, 2.75) is 31.9 Å². The van der Waals surface area contributed by atoms with Crippen LogP contribution in [0.15, 0.2) is 11.6 Å². The summed E-state index contributed by atoms with van der Waals surface area (Å²) in [6.07, 6.45) is 3.97. The van der Waals surface area contributed by atoms with Crippen LogP contribution < -0.4 is 0 Å². The van der Waals surface area contributed by atoms with Crippen LogP contribution in [0, 0.1) is 0 Å². The smallest absolute Gasteiger partial charge is 0.224 e. The van der Waals surface area contributed by atoms with Crippen LogP contribution in [0.3, 0.4) is 0 Å². The molecule has 1 aliphatic heterocycles. The van der Waals surface area contributed by atoms with Gasteiger partial charge in [0.15, 0.2) is 0 Å². The van der Waals surface area contributed by atoms with Crippen molar-refractivity contribution >= 4 is 17.2 Å². The van der Waals surface area contributed by atoms with E-state index in [1.807, 2.05) is 5.38 Å². The number of piperidine rings is 1. The van der Waals surface area contributed by atoms with Gasteiger partial charge in [-0.05, 0) is 12.8 Å². The van der Waals surface area contributed by atoms with Crippen molar-refractivity contribution in [2.75, 3.05) is 6.54 Å². The van der Waals surface area contributed by atoms with Crippen LogP contribution in [0.1, 0.15) is 24.3 Å². The minimum atomic E-state index is -0.591. The van der Waals surface area contributed by atoms with Crippen molar-refractivity contribution in [3.8, 4) is 0 Å². The minimum absolute atomic E-state index is 0.0605. The zero-order valence-electron chi connectivity index (χ0n) is 8.43. The summed E-state index contributed by atoms with van der Waals surface area (Å²) in [5.41, 5.74) is 0. The van der Waals surface area contributed by atoms with Crippen molar-refractivity contribution < 1.29 is 9.90 Å². The topological polar surface area (TPSA) is 53.4 Å². The fourth-order valence-electron chi connectivity index (χ4n) is 1.77. The molecule has 2 rings (SSSR count). The second-order valence-electron chi connectivity index (χ2n) is 3.64. The number of carbonyl (C=O) groups is 1. The summed E-state index contributed by atoms with van der Waals surface area (Å²) in [7, 11) is 0. The van der Waals surface area contributed by atoms with E-state index in [2.05, 4.69) is 4.98 Å². The van der Waals surface area contributed by atoms with Gasteiger partial charge in [-0.15, -0.1) is 11.3 Å². The number of aliphatic hydroxyl groups excluding tert-OH is 1. The number of rotatable bonds is 3. The number of nitrogens with zero attached hydrogens (tertiary/aromatic N) is 2. The molecule has 1 amide bonds. The number of thiazole rings is 1. The molecule has 1 atom stereocenters. The second-order valence-corrected chi connectivity index (χ2v) is 4.61. The summed E-state index contributed by atoms with van der Waals surface area (Å²) >= 11 is 1.58. The first-order valence-corrected chi connectivity index (χ1v) is 6.01. The first-order valence-electron chi connectivity index (χ1n) is 5.13. The Hall–Kier alpha value is -0.940. The van der Waals surface area contributed by atoms with E-state index < -0.39 is 6.23 Å². The van der Waals surface area contributed by atoms with E-state index in [1.54, 1.807) is 22.4 Å². The standard InChI is InChI=1S/C10H14N2O2S/c13-9-2-1-3-10(14)12(9)6-4-8-11-5-7-15-8/h5,7,9,13H,1-4,6H2. The highest BCUT2D eigenvalue weighted by Gasteiger charge is 2.25. The quantitative estimate of drug-likeness (QED) is 0.837. The number of carbonyl (C=O) groups excluding carboxylic acids is 1. The van der Waals surface area contributed by atoms with Crippen LogP contribution in [0.2, 0.25) is 0 Å². The van der Waals surface area contributed by atoms with Gasteiger partial charge < -0.3 is 10.0 Å². The van der Waals surface area contributed by atoms with Gasteiger partial charge in [0.2, 0.25) is 5.91 Å². The molecule has 1 unspecified atom stereocenters. The maximum absolute atomic E-state index is 11.5. The lowest BCUT2D eigenvalue weighted by atomic mass is 10.1. The number of hydrogen-bond donors (Lipinski definition) is 1. The maximum Gasteiger partial charge on any atom is 0.224 e. The molecular formula is C10H14N2O2S. The minimum Gasteiger partial charge on any atom is -0.374 e. The third-order valence-electron chi connectivity index (χ3n) is 2.58. The lowest BCUT2D eigenvalue weighted by Crippen LogP contribution is -2.44. The zero-order valence-corrected chi connectivity index (χ0v) is 9.24. The number of hydrogen-bond acceptors (Lipinski definition) is 4.